The number of hydrogen-bond donors (Lipinski definition) is 2. The molecule has 0 saturated heterocycles. The van der Waals surface area contributed by atoms with Gasteiger partial charge < -0.3 is 9.67 Å². The minimum absolute atomic E-state index is 0.00203. The molecule has 2 N–H and O–H groups in total. The molecule has 0 atom stereocenters. The zero-order chi connectivity index (χ0) is 19.4. The lowest BCUT2D eigenvalue weighted by atomic mass is 10.2. The minimum Gasteiger partial charge on any atom is -0.493 e. The molecule has 0 fully saturated rings. The van der Waals surface area contributed by atoms with Gasteiger partial charge in [0, 0.05) is 31.2 Å². The van der Waals surface area contributed by atoms with E-state index in [1.54, 1.807) is 31.6 Å². The molecule has 140 valence electrons. The molecule has 0 bridgehead atoms. The predicted octanol–water partition coefficient (Wildman–Crippen LogP) is 1.64. The van der Waals surface area contributed by atoms with E-state index in [1.165, 1.54) is 0 Å². The van der Waals surface area contributed by atoms with E-state index in [9.17, 15) is 14.7 Å². The monoisotopic (exact) mass is 367 g/mol. The Hall–Kier alpha value is -3.42. The number of hydrogen-bond acceptors (Lipinski definition) is 5. The zero-order valence-corrected chi connectivity index (χ0v) is 15.2. The fourth-order valence-corrected chi connectivity index (χ4v) is 2.78. The summed E-state index contributed by atoms with van der Waals surface area (Å²) >= 11 is 0. The summed E-state index contributed by atoms with van der Waals surface area (Å²) in [4.78, 5) is 35.1. The maximum absolute atomic E-state index is 12.2. The summed E-state index contributed by atoms with van der Waals surface area (Å²) in [6.45, 7) is 4.80. The normalized spacial score (nSPS) is 11.7. The van der Waals surface area contributed by atoms with E-state index in [0.29, 0.717) is 17.9 Å². The third kappa shape index (κ3) is 4.05. The first-order valence-corrected chi connectivity index (χ1v) is 8.60. The molecule has 0 spiro atoms. The molecule has 3 aromatic rings. The van der Waals surface area contributed by atoms with Gasteiger partial charge in [-0.1, -0.05) is 17.7 Å². The number of imidazole rings is 1. The van der Waals surface area contributed by atoms with Gasteiger partial charge in [0.1, 0.15) is 5.56 Å². The molecule has 0 unspecified atom stereocenters. The highest BCUT2D eigenvalue weighted by atomic mass is 16.3. The van der Waals surface area contributed by atoms with E-state index in [2.05, 4.69) is 15.0 Å². The van der Waals surface area contributed by atoms with E-state index in [1.807, 2.05) is 29.8 Å². The molecule has 2 heterocycles. The van der Waals surface area contributed by atoms with Crippen LogP contribution in [0.4, 0.5) is 0 Å². The van der Waals surface area contributed by atoms with Gasteiger partial charge in [-0.25, -0.2) is 14.3 Å². The number of aliphatic imine (C=N–C) groups is 1. The van der Waals surface area contributed by atoms with Crippen LogP contribution < -0.4 is 11.2 Å². The van der Waals surface area contributed by atoms with Gasteiger partial charge in [-0.2, -0.15) is 0 Å². The molecule has 8 nitrogen and oxygen atoms in total. The predicted molar refractivity (Wildman–Crippen MR) is 103 cm³/mol. The van der Waals surface area contributed by atoms with Crippen molar-refractivity contribution in [1.82, 2.24) is 19.1 Å². The van der Waals surface area contributed by atoms with Gasteiger partial charge in [0.05, 0.1) is 12.0 Å². The van der Waals surface area contributed by atoms with Crippen LogP contribution in [0, 0.1) is 6.92 Å². The molecule has 0 saturated carbocycles. The molecular weight excluding hydrogens is 346 g/mol. The van der Waals surface area contributed by atoms with Crippen molar-refractivity contribution < 1.29 is 5.11 Å². The number of rotatable bonds is 6. The number of benzene rings is 1. The van der Waals surface area contributed by atoms with Gasteiger partial charge in [0.2, 0.25) is 5.88 Å². The first-order valence-electron chi connectivity index (χ1n) is 8.60. The maximum atomic E-state index is 12.2. The van der Waals surface area contributed by atoms with Crippen LogP contribution in [-0.2, 0) is 6.54 Å². The average molecular weight is 367 g/mol. The lowest BCUT2D eigenvalue weighted by Gasteiger charge is -2.11. The van der Waals surface area contributed by atoms with Crippen LogP contribution in [0.3, 0.4) is 0 Å². The van der Waals surface area contributed by atoms with Crippen LogP contribution in [0.15, 0.2) is 57.6 Å². The van der Waals surface area contributed by atoms with Gasteiger partial charge in [0.15, 0.2) is 0 Å². The van der Waals surface area contributed by atoms with E-state index >= 15 is 0 Å². The number of nitrogens with one attached hydrogen (secondary N) is 1. The topological polar surface area (TPSA) is 105 Å². The van der Waals surface area contributed by atoms with Crippen LogP contribution >= 0.6 is 0 Å². The van der Waals surface area contributed by atoms with Crippen LogP contribution in [0.5, 0.6) is 5.88 Å². The summed E-state index contributed by atoms with van der Waals surface area (Å²) in [5, 5.41) is 10.6. The van der Waals surface area contributed by atoms with E-state index in [4.69, 9.17) is 0 Å². The summed E-state index contributed by atoms with van der Waals surface area (Å²) in [5.74, 6) is -0.413. The second kappa shape index (κ2) is 7.86. The average Bonchev–Trinajstić information content (AvgIpc) is 3.13. The summed E-state index contributed by atoms with van der Waals surface area (Å²) < 4.78 is 3.01. The summed E-state index contributed by atoms with van der Waals surface area (Å²) in [6, 6.07) is 7.05. The maximum Gasteiger partial charge on any atom is 0.335 e. The highest BCUT2D eigenvalue weighted by Crippen LogP contribution is 2.17. The molecule has 27 heavy (non-hydrogen) atoms. The Balaban J connectivity index is 1.89. The Morgan fingerprint density at radius 2 is 2.00 bits per heavy atom. The Labute approximate surface area is 155 Å². The second-order valence-electron chi connectivity index (χ2n) is 6.25. The quantitative estimate of drug-likeness (QED) is 0.510. The Morgan fingerprint density at radius 3 is 2.67 bits per heavy atom. The van der Waals surface area contributed by atoms with Crippen molar-refractivity contribution in [2.45, 2.75) is 26.8 Å². The number of aromatic amines is 1. The van der Waals surface area contributed by atoms with Gasteiger partial charge in [-0.05, 0) is 32.4 Å². The number of aryl methyl sites for hydroxylation is 2. The van der Waals surface area contributed by atoms with Gasteiger partial charge in [-0.15, -0.1) is 0 Å². The van der Waals surface area contributed by atoms with Gasteiger partial charge in [0.25, 0.3) is 5.56 Å². The highest BCUT2D eigenvalue weighted by Gasteiger charge is 2.17. The van der Waals surface area contributed by atoms with Gasteiger partial charge >= 0.3 is 5.69 Å². The first kappa shape index (κ1) is 18.4. The molecule has 0 aliphatic rings. The SMILES string of the molecule is CC(=NCCCn1ccnc1)c1c(O)n(-c2ccc(C)cc2)c(=O)[nH]c1=O. The smallest absolute Gasteiger partial charge is 0.335 e. The van der Waals surface area contributed by atoms with Crippen LogP contribution in [-0.4, -0.2) is 36.5 Å². The number of aromatic hydroxyl groups is 1. The molecule has 2 aromatic heterocycles. The third-order valence-electron chi connectivity index (χ3n) is 4.22. The van der Waals surface area contributed by atoms with Crippen molar-refractivity contribution >= 4 is 5.71 Å². The first-order chi connectivity index (χ1) is 13.0. The molecular formula is C19H21N5O3. The van der Waals surface area contributed by atoms with Crippen molar-refractivity contribution in [2.24, 2.45) is 4.99 Å². The van der Waals surface area contributed by atoms with Crippen LogP contribution in [0.2, 0.25) is 0 Å². The van der Waals surface area contributed by atoms with Crippen molar-refractivity contribution in [2.75, 3.05) is 6.54 Å². The largest absolute Gasteiger partial charge is 0.493 e. The zero-order valence-electron chi connectivity index (χ0n) is 15.2. The summed E-state index contributed by atoms with van der Waals surface area (Å²) in [5.41, 5.74) is 0.507. The second-order valence-corrected chi connectivity index (χ2v) is 6.25. The fraction of sp³-hybridized carbons (Fsp3) is 0.263. The third-order valence-corrected chi connectivity index (χ3v) is 4.22. The fourth-order valence-electron chi connectivity index (χ4n) is 2.78. The molecule has 8 heteroatoms. The molecule has 0 radical (unpaired) electrons. The van der Waals surface area contributed by atoms with Crippen molar-refractivity contribution in [3.8, 4) is 11.6 Å². The standard InChI is InChI=1S/C19H21N5O3/c1-13-4-6-15(7-5-13)24-18(26)16(17(25)22-19(24)27)14(2)21-8-3-10-23-11-9-20-12-23/h4-7,9,11-12,26H,3,8,10H2,1-2H3,(H,22,25,27). The lowest BCUT2D eigenvalue weighted by molar-refractivity contribution is 0.429. The molecule has 0 aliphatic heterocycles. The summed E-state index contributed by atoms with van der Waals surface area (Å²) in [6.07, 6.45) is 6.06. The molecule has 0 amide bonds. The lowest BCUT2D eigenvalue weighted by Crippen LogP contribution is -2.32. The van der Waals surface area contributed by atoms with Crippen molar-refractivity contribution in [3.63, 3.8) is 0 Å². The number of nitrogens with zero attached hydrogens (tertiary/aromatic N) is 4. The van der Waals surface area contributed by atoms with E-state index in [-0.39, 0.29) is 5.56 Å². The molecule has 1 aromatic carbocycles. The van der Waals surface area contributed by atoms with Crippen molar-refractivity contribution in [3.05, 3.63) is 75.0 Å². The number of H-pyrrole nitrogens is 1. The Kier molecular flexibility index (Phi) is 5.35. The van der Waals surface area contributed by atoms with E-state index in [0.717, 1.165) is 23.1 Å². The Morgan fingerprint density at radius 1 is 1.26 bits per heavy atom. The Bertz CT molecular complexity index is 1060. The van der Waals surface area contributed by atoms with Crippen molar-refractivity contribution in [1.29, 1.82) is 0 Å². The number of aromatic nitrogens is 4. The summed E-state index contributed by atoms with van der Waals surface area (Å²) in [7, 11) is 0. The molecule has 3 rings (SSSR count). The van der Waals surface area contributed by atoms with Gasteiger partial charge in [-0.3, -0.25) is 14.8 Å². The van der Waals surface area contributed by atoms with Crippen LogP contribution in [0.1, 0.15) is 24.5 Å². The minimum atomic E-state index is -0.696. The molecule has 0 aliphatic carbocycles. The van der Waals surface area contributed by atoms with E-state index < -0.39 is 17.1 Å². The highest BCUT2D eigenvalue weighted by molar-refractivity contribution is 6.00. The van der Waals surface area contributed by atoms with Crippen LogP contribution in [0.25, 0.3) is 5.69 Å².